The summed E-state index contributed by atoms with van der Waals surface area (Å²) in [5.74, 6) is 0. The molecule has 0 unspecified atom stereocenters. The molecule has 0 amide bonds. The molecule has 0 bridgehead atoms. The Hall–Kier alpha value is -5.92. The lowest BCUT2D eigenvalue weighted by molar-refractivity contribution is 1.18. The molecule has 10 rings (SSSR count). The van der Waals surface area contributed by atoms with Gasteiger partial charge < -0.3 is 4.57 Å². The minimum absolute atomic E-state index is 1.17. The summed E-state index contributed by atoms with van der Waals surface area (Å²) < 4.78 is 2.48. The van der Waals surface area contributed by atoms with Crippen LogP contribution < -0.4 is 0 Å². The lowest BCUT2D eigenvalue weighted by Gasteiger charge is -2.12. The lowest BCUT2D eigenvalue weighted by atomic mass is 9.97. The van der Waals surface area contributed by atoms with Gasteiger partial charge >= 0.3 is 0 Å². The summed E-state index contributed by atoms with van der Waals surface area (Å²) >= 11 is 0. The summed E-state index contributed by atoms with van der Waals surface area (Å²) in [6, 6.07) is 60.2. The van der Waals surface area contributed by atoms with E-state index in [1.807, 2.05) is 0 Å². The average molecular weight is 570 g/mol. The summed E-state index contributed by atoms with van der Waals surface area (Å²) in [6.07, 6.45) is 0. The number of nitrogens with zero attached hydrogens (tertiary/aromatic N) is 1. The van der Waals surface area contributed by atoms with Crippen LogP contribution in [-0.4, -0.2) is 4.57 Å². The second-order valence-electron chi connectivity index (χ2n) is 12.1. The highest BCUT2D eigenvalue weighted by Crippen LogP contribution is 2.51. The van der Waals surface area contributed by atoms with Crippen LogP contribution in [0.5, 0.6) is 0 Å². The van der Waals surface area contributed by atoms with Gasteiger partial charge in [0, 0.05) is 16.5 Å². The molecule has 208 valence electrons. The fourth-order valence-electron chi connectivity index (χ4n) is 7.65. The summed E-state index contributed by atoms with van der Waals surface area (Å²) in [5, 5.41) is 7.83. The van der Waals surface area contributed by atoms with Gasteiger partial charge in [-0.1, -0.05) is 127 Å². The van der Waals surface area contributed by atoms with Crippen molar-refractivity contribution in [2.45, 2.75) is 0 Å². The van der Waals surface area contributed by atoms with Crippen molar-refractivity contribution in [2.75, 3.05) is 0 Å². The van der Waals surface area contributed by atoms with Gasteiger partial charge in [0.1, 0.15) is 0 Å². The molecule has 0 aliphatic heterocycles. The third-order valence-corrected chi connectivity index (χ3v) is 9.69. The van der Waals surface area contributed by atoms with E-state index < -0.39 is 0 Å². The molecule has 0 spiro atoms. The van der Waals surface area contributed by atoms with Crippen LogP contribution in [0.3, 0.4) is 0 Å². The predicted octanol–water partition coefficient (Wildman–Crippen LogP) is 12.1. The van der Waals surface area contributed by atoms with Crippen molar-refractivity contribution in [1.82, 2.24) is 4.57 Å². The molecular formula is C44H27N. The Morgan fingerprint density at radius 3 is 1.69 bits per heavy atom. The van der Waals surface area contributed by atoms with E-state index >= 15 is 0 Å². The molecule has 0 atom stereocenters. The Bertz CT molecular complexity index is 2620. The number of aromatic nitrogens is 1. The van der Waals surface area contributed by atoms with E-state index in [2.05, 4.69) is 168 Å². The summed E-state index contributed by atoms with van der Waals surface area (Å²) in [6.45, 7) is 0. The molecule has 8 aromatic carbocycles. The third kappa shape index (κ3) is 3.56. The molecule has 45 heavy (non-hydrogen) atoms. The smallest absolute Gasteiger partial charge is 0.0553 e. The highest BCUT2D eigenvalue weighted by molar-refractivity contribution is 6.30. The standard InChI is InChI=1S/C44H27N/c1-2-10-28(11-3-1)30-14-8-15-31(24-30)29-20-22-34(23-21-29)45-41-26-33-13-5-4-12-32(33)25-40(41)44-38-19-9-18-37-35-16-6-7-17-36(35)39(43(37)38)27-42(44)45/h1-27H. The van der Waals surface area contributed by atoms with Crippen molar-refractivity contribution < 1.29 is 0 Å². The van der Waals surface area contributed by atoms with Gasteiger partial charge in [0.05, 0.1) is 11.0 Å². The van der Waals surface area contributed by atoms with Gasteiger partial charge in [-0.15, -0.1) is 0 Å². The number of benzene rings is 8. The van der Waals surface area contributed by atoms with Crippen LogP contribution in [0, 0.1) is 0 Å². The monoisotopic (exact) mass is 569 g/mol. The number of fused-ring (bicyclic) bond motifs is 8. The van der Waals surface area contributed by atoms with Crippen molar-refractivity contribution in [3.05, 3.63) is 164 Å². The second-order valence-corrected chi connectivity index (χ2v) is 12.1. The lowest BCUT2D eigenvalue weighted by Crippen LogP contribution is -1.94. The Morgan fingerprint density at radius 2 is 0.911 bits per heavy atom. The molecule has 1 aromatic heterocycles. The SMILES string of the molecule is c1ccc(-c2cccc(-c3ccc(-n4c5cc6ccccc6cc5c5c6cccc7c6c(cc54)-c4ccccc4-7)cc3)c2)cc1. The highest BCUT2D eigenvalue weighted by Gasteiger charge is 2.25. The zero-order valence-electron chi connectivity index (χ0n) is 24.5. The quantitative estimate of drug-likeness (QED) is 0.199. The fourth-order valence-corrected chi connectivity index (χ4v) is 7.65. The summed E-state index contributed by atoms with van der Waals surface area (Å²) in [4.78, 5) is 0. The van der Waals surface area contributed by atoms with Crippen molar-refractivity contribution in [3.8, 4) is 50.2 Å². The van der Waals surface area contributed by atoms with Crippen LogP contribution in [0.1, 0.15) is 0 Å². The van der Waals surface area contributed by atoms with E-state index in [1.165, 1.54) is 93.5 Å². The topological polar surface area (TPSA) is 4.93 Å². The van der Waals surface area contributed by atoms with Crippen LogP contribution in [0.2, 0.25) is 0 Å². The van der Waals surface area contributed by atoms with Crippen molar-refractivity contribution in [2.24, 2.45) is 0 Å². The van der Waals surface area contributed by atoms with Crippen LogP contribution >= 0.6 is 0 Å². The average Bonchev–Trinajstić information content (AvgIpc) is 3.61. The van der Waals surface area contributed by atoms with E-state index in [1.54, 1.807) is 0 Å². The van der Waals surface area contributed by atoms with Gasteiger partial charge in [-0.2, -0.15) is 0 Å². The predicted molar refractivity (Wildman–Crippen MR) is 191 cm³/mol. The Balaban J connectivity index is 1.23. The molecule has 1 heteroatoms. The first-order chi connectivity index (χ1) is 22.3. The largest absolute Gasteiger partial charge is 0.309 e. The Morgan fingerprint density at radius 1 is 0.311 bits per heavy atom. The first kappa shape index (κ1) is 24.5. The minimum Gasteiger partial charge on any atom is -0.309 e. The van der Waals surface area contributed by atoms with Crippen LogP contribution in [0.4, 0.5) is 0 Å². The maximum absolute atomic E-state index is 2.48. The van der Waals surface area contributed by atoms with E-state index in [0.29, 0.717) is 0 Å². The highest BCUT2D eigenvalue weighted by atomic mass is 15.0. The maximum atomic E-state index is 2.48. The molecule has 0 saturated heterocycles. The molecular weight excluding hydrogens is 542 g/mol. The van der Waals surface area contributed by atoms with E-state index in [-0.39, 0.29) is 0 Å². The minimum atomic E-state index is 1.17. The molecule has 0 N–H and O–H groups in total. The zero-order chi connectivity index (χ0) is 29.5. The molecule has 0 saturated carbocycles. The Labute approximate surface area is 261 Å². The molecule has 0 radical (unpaired) electrons. The molecule has 9 aromatic rings. The molecule has 1 heterocycles. The molecule has 0 fully saturated rings. The van der Waals surface area contributed by atoms with Gasteiger partial charge in [0.15, 0.2) is 0 Å². The van der Waals surface area contributed by atoms with Gasteiger partial charge in [-0.05, 0) is 102 Å². The Kier molecular flexibility index (Phi) is 5.06. The summed E-state index contributed by atoms with van der Waals surface area (Å²) in [7, 11) is 0. The first-order valence-electron chi connectivity index (χ1n) is 15.6. The zero-order valence-corrected chi connectivity index (χ0v) is 24.5. The third-order valence-electron chi connectivity index (χ3n) is 9.69. The molecule has 1 aliphatic carbocycles. The van der Waals surface area contributed by atoms with Gasteiger partial charge in [0.25, 0.3) is 0 Å². The number of hydrogen-bond donors (Lipinski definition) is 0. The fraction of sp³-hybridized carbons (Fsp3) is 0. The maximum Gasteiger partial charge on any atom is 0.0553 e. The number of rotatable bonds is 3. The van der Waals surface area contributed by atoms with E-state index in [0.717, 1.165) is 0 Å². The summed E-state index contributed by atoms with van der Waals surface area (Å²) in [5.41, 5.74) is 13.9. The van der Waals surface area contributed by atoms with Gasteiger partial charge in [-0.25, -0.2) is 0 Å². The normalized spacial score (nSPS) is 12.0. The first-order valence-corrected chi connectivity index (χ1v) is 15.6. The molecule has 1 aliphatic rings. The van der Waals surface area contributed by atoms with Crippen molar-refractivity contribution >= 4 is 43.4 Å². The van der Waals surface area contributed by atoms with Crippen molar-refractivity contribution in [3.63, 3.8) is 0 Å². The van der Waals surface area contributed by atoms with E-state index in [9.17, 15) is 0 Å². The molecule has 1 nitrogen and oxygen atoms in total. The van der Waals surface area contributed by atoms with Crippen LogP contribution in [-0.2, 0) is 0 Å². The second kappa shape index (κ2) is 9.29. The van der Waals surface area contributed by atoms with Crippen LogP contribution in [0.15, 0.2) is 164 Å². The van der Waals surface area contributed by atoms with Gasteiger partial charge in [0.2, 0.25) is 0 Å². The van der Waals surface area contributed by atoms with Gasteiger partial charge in [-0.3, -0.25) is 0 Å². The van der Waals surface area contributed by atoms with E-state index in [4.69, 9.17) is 0 Å². The van der Waals surface area contributed by atoms with Crippen LogP contribution in [0.25, 0.3) is 93.5 Å². The number of hydrogen-bond acceptors (Lipinski definition) is 0. The van der Waals surface area contributed by atoms with Crippen molar-refractivity contribution in [1.29, 1.82) is 0 Å².